The van der Waals surface area contributed by atoms with E-state index in [1.54, 1.807) is 14.2 Å². The van der Waals surface area contributed by atoms with E-state index in [-0.39, 0.29) is 5.92 Å². The van der Waals surface area contributed by atoms with Gasteiger partial charge in [0.15, 0.2) is 11.5 Å². The van der Waals surface area contributed by atoms with Gasteiger partial charge in [0.2, 0.25) is 0 Å². The van der Waals surface area contributed by atoms with Crippen LogP contribution in [-0.2, 0) is 17.8 Å². The van der Waals surface area contributed by atoms with E-state index in [1.165, 1.54) is 11.1 Å². The van der Waals surface area contributed by atoms with Gasteiger partial charge in [-0.05, 0) is 49.1 Å². The van der Waals surface area contributed by atoms with Crippen LogP contribution in [0.2, 0.25) is 0 Å². The van der Waals surface area contributed by atoms with Gasteiger partial charge in [0.05, 0.1) is 20.1 Å². The number of unbranched alkanes of at least 4 members (excludes halogenated alkanes) is 1. The van der Waals surface area contributed by atoms with Crippen LogP contribution in [0.1, 0.15) is 43.7 Å². The van der Waals surface area contributed by atoms with Gasteiger partial charge in [0.25, 0.3) is 0 Å². The van der Waals surface area contributed by atoms with E-state index in [4.69, 9.17) is 9.47 Å². The summed E-state index contributed by atoms with van der Waals surface area (Å²) < 4.78 is 10.8. The molecule has 5 heteroatoms. The van der Waals surface area contributed by atoms with Crippen LogP contribution in [0.5, 0.6) is 11.5 Å². The van der Waals surface area contributed by atoms with Crippen LogP contribution < -0.4 is 9.47 Å². The second kappa shape index (κ2) is 8.92. The summed E-state index contributed by atoms with van der Waals surface area (Å²) in [5.41, 5.74) is 2.55. The number of methoxy groups -OCH3 is 2. The van der Waals surface area contributed by atoms with Crippen molar-refractivity contribution in [1.82, 2.24) is 4.90 Å². The Morgan fingerprint density at radius 2 is 1.88 bits per heavy atom. The largest absolute Gasteiger partial charge is 0.493 e. The molecule has 1 aliphatic heterocycles. The number of carboxylic acid groups (broad SMARTS) is 1. The predicted molar refractivity (Wildman–Crippen MR) is 93.8 cm³/mol. The maximum Gasteiger partial charge on any atom is 0.306 e. The molecule has 5 nitrogen and oxygen atoms in total. The first-order valence-corrected chi connectivity index (χ1v) is 8.78. The second-order valence-corrected chi connectivity index (χ2v) is 6.47. The lowest BCUT2D eigenvalue weighted by molar-refractivity contribution is -0.142. The van der Waals surface area contributed by atoms with Crippen LogP contribution >= 0.6 is 0 Å². The summed E-state index contributed by atoms with van der Waals surface area (Å²) in [5.74, 6) is 0.642. The summed E-state index contributed by atoms with van der Waals surface area (Å²) in [5, 5.41) is 9.36. The molecular weight excluding hydrogens is 306 g/mol. The van der Waals surface area contributed by atoms with Gasteiger partial charge in [0, 0.05) is 13.1 Å². The number of hydrogen-bond acceptors (Lipinski definition) is 4. The first-order valence-electron chi connectivity index (χ1n) is 8.78. The molecule has 1 unspecified atom stereocenters. The Morgan fingerprint density at radius 3 is 2.46 bits per heavy atom. The fourth-order valence-electron chi connectivity index (χ4n) is 3.31. The fraction of sp³-hybridized carbons (Fsp3) is 0.632. The normalized spacial score (nSPS) is 15.6. The molecular formula is C19H29NO4. The van der Waals surface area contributed by atoms with Gasteiger partial charge in [-0.1, -0.05) is 19.8 Å². The van der Waals surface area contributed by atoms with Crippen molar-refractivity contribution in [3.63, 3.8) is 0 Å². The maximum absolute atomic E-state index is 11.4. The fourth-order valence-corrected chi connectivity index (χ4v) is 3.31. The smallest absolute Gasteiger partial charge is 0.306 e. The number of fused-ring (bicyclic) bond motifs is 1. The SMILES string of the molecule is CCCCC(CCN1CCc2cc(OC)c(OC)cc2C1)C(=O)O. The highest BCUT2D eigenvalue weighted by molar-refractivity contribution is 5.69. The highest BCUT2D eigenvalue weighted by Crippen LogP contribution is 2.33. The van der Waals surface area contributed by atoms with E-state index in [0.29, 0.717) is 0 Å². The van der Waals surface area contributed by atoms with Crippen molar-refractivity contribution in [2.24, 2.45) is 5.92 Å². The zero-order valence-electron chi connectivity index (χ0n) is 15.0. The molecule has 24 heavy (non-hydrogen) atoms. The monoisotopic (exact) mass is 335 g/mol. The summed E-state index contributed by atoms with van der Waals surface area (Å²) in [6.07, 6.45) is 4.49. The standard InChI is InChI=1S/C19H29NO4/c1-4-5-6-14(19(21)22)7-9-20-10-8-15-11-17(23-2)18(24-3)12-16(15)13-20/h11-12,14H,4-10,13H2,1-3H3,(H,21,22). The van der Waals surface area contributed by atoms with E-state index in [0.717, 1.165) is 63.2 Å². The van der Waals surface area contributed by atoms with E-state index in [9.17, 15) is 9.90 Å². The van der Waals surface area contributed by atoms with Gasteiger partial charge in [-0.25, -0.2) is 0 Å². The van der Waals surface area contributed by atoms with E-state index >= 15 is 0 Å². The molecule has 0 fully saturated rings. The zero-order chi connectivity index (χ0) is 17.5. The van der Waals surface area contributed by atoms with E-state index < -0.39 is 5.97 Å². The van der Waals surface area contributed by atoms with E-state index in [1.807, 2.05) is 6.07 Å². The van der Waals surface area contributed by atoms with Gasteiger partial charge < -0.3 is 14.6 Å². The number of ether oxygens (including phenoxy) is 2. The van der Waals surface area contributed by atoms with Gasteiger partial charge in [-0.2, -0.15) is 0 Å². The average Bonchev–Trinajstić information content (AvgIpc) is 2.59. The molecule has 0 aromatic heterocycles. The van der Waals surface area contributed by atoms with Crippen LogP contribution in [0.3, 0.4) is 0 Å². The maximum atomic E-state index is 11.4. The molecule has 0 aliphatic carbocycles. The first kappa shape index (κ1) is 18.6. The van der Waals surface area contributed by atoms with Gasteiger partial charge in [0.1, 0.15) is 0 Å². The van der Waals surface area contributed by atoms with Crippen molar-refractivity contribution >= 4 is 5.97 Å². The number of carbonyl (C=O) groups is 1. The summed E-state index contributed by atoms with van der Waals surface area (Å²) in [7, 11) is 3.30. The number of hydrogen-bond donors (Lipinski definition) is 1. The van der Waals surface area contributed by atoms with Crippen molar-refractivity contribution in [2.75, 3.05) is 27.3 Å². The van der Waals surface area contributed by atoms with Crippen LogP contribution in [0.25, 0.3) is 0 Å². The minimum absolute atomic E-state index is 0.225. The molecule has 1 aliphatic rings. The molecule has 0 amide bonds. The third-order valence-electron chi connectivity index (χ3n) is 4.85. The quantitative estimate of drug-likeness (QED) is 0.750. The molecule has 0 spiro atoms. The number of rotatable bonds is 9. The van der Waals surface area contributed by atoms with Gasteiger partial charge >= 0.3 is 5.97 Å². The highest BCUT2D eigenvalue weighted by atomic mass is 16.5. The Bertz CT molecular complexity index is 559. The minimum atomic E-state index is -0.660. The van der Waals surface area contributed by atoms with Crippen LogP contribution in [0.4, 0.5) is 0 Å². The molecule has 0 bridgehead atoms. The topological polar surface area (TPSA) is 59.0 Å². The lowest BCUT2D eigenvalue weighted by Crippen LogP contribution is -2.33. The van der Waals surface area contributed by atoms with Crippen molar-refractivity contribution in [3.05, 3.63) is 23.3 Å². The van der Waals surface area contributed by atoms with Crippen molar-refractivity contribution < 1.29 is 19.4 Å². The Balaban J connectivity index is 1.98. The predicted octanol–water partition coefficient (Wildman–Crippen LogP) is 3.34. The number of benzene rings is 1. The average molecular weight is 335 g/mol. The number of aliphatic carboxylic acids is 1. The molecule has 0 radical (unpaired) electrons. The molecule has 1 N–H and O–H groups in total. The Kier molecular flexibility index (Phi) is 6.91. The molecule has 1 aromatic carbocycles. The highest BCUT2D eigenvalue weighted by Gasteiger charge is 2.22. The molecule has 1 atom stereocenters. The lowest BCUT2D eigenvalue weighted by atomic mass is 9.96. The summed E-state index contributed by atoms with van der Waals surface area (Å²) in [6.45, 7) is 4.73. The zero-order valence-corrected chi connectivity index (χ0v) is 15.0. The number of nitrogens with zero attached hydrogens (tertiary/aromatic N) is 1. The molecule has 1 heterocycles. The van der Waals surface area contributed by atoms with Crippen LogP contribution in [-0.4, -0.2) is 43.3 Å². The van der Waals surface area contributed by atoms with Crippen molar-refractivity contribution in [1.29, 1.82) is 0 Å². The minimum Gasteiger partial charge on any atom is -0.493 e. The number of carboxylic acids is 1. The summed E-state index contributed by atoms with van der Waals surface area (Å²) in [6, 6.07) is 4.11. The summed E-state index contributed by atoms with van der Waals surface area (Å²) in [4.78, 5) is 13.7. The Labute approximate surface area is 144 Å². The van der Waals surface area contributed by atoms with Gasteiger partial charge in [-0.3, -0.25) is 9.69 Å². The molecule has 1 aromatic rings. The van der Waals surface area contributed by atoms with E-state index in [2.05, 4.69) is 17.9 Å². The Hall–Kier alpha value is -1.75. The second-order valence-electron chi connectivity index (χ2n) is 6.47. The summed E-state index contributed by atoms with van der Waals surface area (Å²) >= 11 is 0. The van der Waals surface area contributed by atoms with Crippen molar-refractivity contribution in [2.45, 2.75) is 45.6 Å². The molecule has 0 saturated heterocycles. The third kappa shape index (κ3) is 4.63. The van der Waals surface area contributed by atoms with Crippen LogP contribution in [0.15, 0.2) is 12.1 Å². The Morgan fingerprint density at radius 1 is 1.21 bits per heavy atom. The van der Waals surface area contributed by atoms with Crippen LogP contribution in [0, 0.1) is 5.92 Å². The molecule has 134 valence electrons. The van der Waals surface area contributed by atoms with Gasteiger partial charge in [-0.15, -0.1) is 0 Å². The molecule has 0 saturated carbocycles. The van der Waals surface area contributed by atoms with Crippen molar-refractivity contribution in [3.8, 4) is 11.5 Å². The molecule has 2 rings (SSSR count). The third-order valence-corrected chi connectivity index (χ3v) is 4.85. The first-order chi connectivity index (χ1) is 11.6. The lowest BCUT2D eigenvalue weighted by Gasteiger charge is -2.30.